The molecule has 1 heteroatoms. The van der Waals surface area contributed by atoms with Crippen molar-refractivity contribution >= 4 is 0 Å². The van der Waals surface area contributed by atoms with Crippen molar-refractivity contribution in [1.82, 2.24) is 0 Å². The zero-order valence-corrected chi connectivity index (χ0v) is 10.3. The first-order valence-corrected chi connectivity index (χ1v) is 6.01. The normalized spacial score (nSPS) is 30.3. The number of hydrogen-bond acceptors (Lipinski definition) is 1. The first kappa shape index (κ1) is 12.5. The largest absolute Gasteiger partial charge is 0.392 e. The van der Waals surface area contributed by atoms with Crippen LogP contribution in [0.5, 0.6) is 0 Å². The van der Waals surface area contributed by atoms with Gasteiger partial charge < -0.3 is 5.11 Å². The predicted molar refractivity (Wildman–Crippen MR) is 65.7 cm³/mol. The molecular formula is C14H24O. The summed E-state index contributed by atoms with van der Waals surface area (Å²) in [4.78, 5) is 0. The van der Waals surface area contributed by atoms with Crippen LogP contribution in [0.4, 0.5) is 0 Å². The maximum absolute atomic E-state index is 9.96. The molecule has 0 aromatic carbocycles. The van der Waals surface area contributed by atoms with E-state index in [2.05, 4.69) is 33.4 Å². The lowest BCUT2D eigenvalue weighted by molar-refractivity contribution is 0.110. The van der Waals surface area contributed by atoms with Crippen molar-refractivity contribution in [3.63, 3.8) is 0 Å². The molecule has 86 valence electrons. The van der Waals surface area contributed by atoms with E-state index < -0.39 is 0 Å². The zero-order valence-electron chi connectivity index (χ0n) is 10.3. The van der Waals surface area contributed by atoms with Crippen LogP contribution < -0.4 is 0 Å². The molecule has 1 N–H and O–H groups in total. The Morgan fingerprint density at radius 1 is 1.40 bits per heavy atom. The second-order valence-electron chi connectivity index (χ2n) is 5.13. The number of aliphatic hydroxyl groups is 1. The van der Waals surface area contributed by atoms with Crippen molar-refractivity contribution in [2.45, 2.75) is 52.6 Å². The third-order valence-corrected chi connectivity index (χ3v) is 3.47. The Labute approximate surface area is 93.9 Å². The van der Waals surface area contributed by atoms with Crippen molar-refractivity contribution < 1.29 is 5.11 Å². The van der Waals surface area contributed by atoms with E-state index in [-0.39, 0.29) is 6.10 Å². The van der Waals surface area contributed by atoms with Gasteiger partial charge in [0.2, 0.25) is 0 Å². The van der Waals surface area contributed by atoms with Gasteiger partial charge in [-0.05, 0) is 45.4 Å². The Morgan fingerprint density at radius 2 is 2.07 bits per heavy atom. The fourth-order valence-corrected chi connectivity index (χ4v) is 2.36. The second kappa shape index (κ2) is 5.50. The molecule has 1 fully saturated rings. The van der Waals surface area contributed by atoms with Crippen molar-refractivity contribution in [2.24, 2.45) is 11.8 Å². The average molecular weight is 208 g/mol. The molecule has 1 rings (SSSR count). The first-order chi connectivity index (χ1) is 7.02. The van der Waals surface area contributed by atoms with Gasteiger partial charge in [0, 0.05) is 5.92 Å². The van der Waals surface area contributed by atoms with Gasteiger partial charge in [0.05, 0.1) is 6.10 Å². The molecule has 0 radical (unpaired) electrons. The Balaban J connectivity index is 2.38. The van der Waals surface area contributed by atoms with Gasteiger partial charge in [-0.15, -0.1) is 0 Å². The van der Waals surface area contributed by atoms with Gasteiger partial charge in [-0.2, -0.15) is 0 Å². The average Bonchev–Trinajstić information content (AvgIpc) is 2.47. The standard InChI is InChI=1S/C14H24O/c1-10(2)6-5-7-11(3)13-9-8-12(4)14(13)15/h6,12-15H,3,5,7-9H2,1-2,4H3. The van der Waals surface area contributed by atoms with Crippen molar-refractivity contribution in [3.8, 4) is 0 Å². The molecule has 0 aromatic rings. The molecular weight excluding hydrogens is 184 g/mol. The molecule has 0 aliphatic heterocycles. The zero-order chi connectivity index (χ0) is 11.4. The number of hydrogen-bond donors (Lipinski definition) is 1. The Morgan fingerprint density at radius 3 is 2.53 bits per heavy atom. The van der Waals surface area contributed by atoms with Gasteiger partial charge in [0.15, 0.2) is 0 Å². The van der Waals surface area contributed by atoms with Crippen LogP contribution in [-0.2, 0) is 0 Å². The Bertz CT molecular complexity index is 248. The summed E-state index contributed by atoms with van der Waals surface area (Å²) in [6.45, 7) is 10.5. The molecule has 15 heavy (non-hydrogen) atoms. The summed E-state index contributed by atoms with van der Waals surface area (Å²) in [5, 5.41) is 9.96. The highest BCUT2D eigenvalue weighted by Crippen LogP contribution is 2.36. The Kier molecular flexibility index (Phi) is 4.59. The van der Waals surface area contributed by atoms with Gasteiger partial charge in [0.1, 0.15) is 0 Å². The highest BCUT2D eigenvalue weighted by molar-refractivity contribution is 5.08. The van der Waals surface area contributed by atoms with E-state index >= 15 is 0 Å². The van der Waals surface area contributed by atoms with E-state index in [0.29, 0.717) is 11.8 Å². The van der Waals surface area contributed by atoms with E-state index in [9.17, 15) is 5.11 Å². The molecule has 0 saturated heterocycles. The maximum atomic E-state index is 9.96. The molecule has 0 spiro atoms. The summed E-state index contributed by atoms with van der Waals surface area (Å²) < 4.78 is 0. The number of allylic oxidation sites excluding steroid dienone is 2. The number of aliphatic hydroxyl groups excluding tert-OH is 1. The quantitative estimate of drug-likeness (QED) is 0.698. The molecule has 0 bridgehead atoms. The summed E-state index contributed by atoms with van der Waals surface area (Å²) in [7, 11) is 0. The van der Waals surface area contributed by atoms with Crippen LogP contribution in [0.3, 0.4) is 0 Å². The summed E-state index contributed by atoms with van der Waals surface area (Å²) in [6, 6.07) is 0. The minimum absolute atomic E-state index is 0.149. The fourth-order valence-electron chi connectivity index (χ4n) is 2.36. The number of rotatable bonds is 4. The third-order valence-electron chi connectivity index (χ3n) is 3.47. The van der Waals surface area contributed by atoms with Crippen LogP contribution in [0, 0.1) is 11.8 Å². The van der Waals surface area contributed by atoms with Gasteiger partial charge >= 0.3 is 0 Å². The summed E-state index contributed by atoms with van der Waals surface area (Å²) in [5.41, 5.74) is 2.60. The van der Waals surface area contributed by atoms with Gasteiger partial charge in [-0.3, -0.25) is 0 Å². The fraction of sp³-hybridized carbons (Fsp3) is 0.714. The van der Waals surface area contributed by atoms with Crippen LogP contribution in [0.15, 0.2) is 23.8 Å². The lowest BCUT2D eigenvalue weighted by Gasteiger charge is -2.19. The van der Waals surface area contributed by atoms with Crippen LogP contribution in [0.25, 0.3) is 0 Å². The molecule has 1 nitrogen and oxygen atoms in total. The molecule has 1 saturated carbocycles. The molecule has 0 aromatic heterocycles. The van der Waals surface area contributed by atoms with Gasteiger partial charge in [-0.1, -0.05) is 30.7 Å². The monoisotopic (exact) mass is 208 g/mol. The minimum atomic E-state index is -0.149. The molecule has 1 aliphatic carbocycles. The van der Waals surface area contributed by atoms with Crippen molar-refractivity contribution in [2.75, 3.05) is 0 Å². The van der Waals surface area contributed by atoms with Gasteiger partial charge in [0.25, 0.3) is 0 Å². The van der Waals surface area contributed by atoms with E-state index in [4.69, 9.17) is 0 Å². The minimum Gasteiger partial charge on any atom is -0.392 e. The van der Waals surface area contributed by atoms with Crippen LogP contribution in [0.2, 0.25) is 0 Å². The Hall–Kier alpha value is -0.560. The van der Waals surface area contributed by atoms with Crippen LogP contribution in [0.1, 0.15) is 46.5 Å². The third kappa shape index (κ3) is 3.49. The first-order valence-electron chi connectivity index (χ1n) is 6.01. The van der Waals surface area contributed by atoms with E-state index in [0.717, 1.165) is 25.7 Å². The smallest absolute Gasteiger partial charge is 0.0630 e. The lowest BCUT2D eigenvalue weighted by atomic mass is 9.91. The predicted octanol–water partition coefficient (Wildman–Crippen LogP) is 3.70. The van der Waals surface area contributed by atoms with E-state index in [1.807, 2.05) is 0 Å². The van der Waals surface area contributed by atoms with Crippen molar-refractivity contribution in [1.29, 1.82) is 0 Å². The van der Waals surface area contributed by atoms with Crippen LogP contribution >= 0.6 is 0 Å². The van der Waals surface area contributed by atoms with E-state index in [1.54, 1.807) is 0 Å². The highest BCUT2D eigenvalue weighted by Gasteiger charge is 2.32. The SMILES string of the molecule is C=C(CCC=C(C)C)C1CCC(C)C1O. The van der Waals surface area contributed by atoms with Gasteiger partial charge in [-0.25, -0.2) is 0 Å². The molecule has 1 aliphatic rings. The summed E-state index contributed by atoms with van der Waals surface area (Å²) in [5.74, 6) is 0.806. The maximum Gasteiger partial charge on any atom is 0.0630 e. The summed E-state index contributed by atoms with van der Waals surface area (Å²) >= 11 is 0. The molecule has 0 heterocycles. The molecule has 3 unspecified atom stereocenters. The highest BCUT2D eigenvalue weighted by atomic mass is 16.3. The lowest BCUT2D eigenvalue weighted by Crippen LogP contribution is -2.20. The van der Waals surface area contributed by atoms with Crippen LogP contribution in [-0.4, -0.2) is 11.2 Å². The van der Waals surface area contributed by atoms with E-state index in [1.165, 1.54) is 11.1 Å². The molecule has 0 amide bonds. The summed E-state index contributed by atoms with van der Waals surface area (Å²) in [6.07, 6.45) is 6.46. The van der Waals surface area contributed by atoms with Crippen molar-refractivity contribution in [3.05, 3.63) is 23.8 Å². The second-order valence-corrected chi connectivity index (χ2v) is 5.13. The topological polar surface area (TPSA) is 20.2 Å². The molecule has 3 atom stereocenters.